The highest BCUT2D eigenvalue weighted by atomic mass is 32.1. The molecule has 1 saturated carbocycles. The average molecular weight is 577 g/mol. The molecule has 1 aliphatic heterocycles. The second kappa shape index (κ2) is 11.2. The van der Waals surface area contributed by atoms with E-state index in [1.165, 1.54) is 4.90 Å². The van der Waals surface area contributed by atoms with Crippen molar-refractivity contribution in [3.63, 3.8) is 0 Å². The Morgan fingerprint density at radius 2 is 1.88 bits per heavy atom. The van der Waals surface area contributed by atoms with Gasteiger partial charge in [0.25, 0.3) is 0 Å². The van der Waals surface area contributed by atoms with E-state index in [0.29, 0.717) is 12.2 Å². The van der Waals surface area contributed by atoms with E-state index in [2.05, 4.69) is 24.0 Å². The number of hydrogen-bond donors (Lipinski definition) is 1. The first kappa shape index (κ1) is 28.7. The molecule has 2 heterocycles. The predicted molar refractivity (Wildman–Crippen MR) is 159 cm³/mol. The minimum atomic E-state index is -1.17. The van der Waals surface area contributed by atoms with Crippen molar-refractivity contribution in [1.29, 1.82) is 0 Å². The second-order valence-electron chi connectivity index (χ2n) is 11.5. The van der Waals surface area contributed by atoms with E-state index in [-0.39, 0.29) is 25.5 Å². The minimum absolute atomic E-state index is 0.154. The van der Waals surface area contributed by atoms with Gasteiger partial charge < -0.3 is 19.5 Å². The van der Waals surface area contributed by atoms with Gasteiger partial charge in [0.1, 0.15) is 29.0 Å². The van der Waals surface area contributed by atoms with Crippen LogP contribution in [0.5, 0.6) is 5.75 Å². The second-order valence-corrected chi connectivity index (χ2v) is 12.5. The van der Waals surface area contributed by atoms with Gasteiger partial charge in [-0.1, -0.05) is 36.4 Å². The fourth-order valence-corrected chi connectivity index (χ4v) is 6.09. The Bertz CT molecular complexity index is 1460. The molecule has 4 atom stereocenters. The van der Waals surface area contributed by atoms with Gasteiger partial charge in [-0.15, -0.1) is 17.9 Å². The quantitative estimate of drug-likeness (QED) is 0.263. The molecule has 1 N–H and O–H groups in total. The Kier molecular flexibility index (Phi) is 7.83. The Hall–Kier alpha value is -3.85. The largest absolute Gasteiger partial charge is 0.488 e. The van der Waals surface area contributed by atoms with Crippen molar-refractivity contribution in [3.8, 4) is 16.2 Å². The molecule has 0 bridgehead atoms. The summed E-state index contributed by atoms with van der Waals surface area (Å²) in [5.74, 6) is -0.501. The maximum absolute atomic E-state index is 13.7. The van der Waals surface area contributed by atoms with Gasteiger partial charge in [0.05, 0.1) is 13.2 Å². The van der Waals surface area contributed by atoms with Gasteiger partial charge in [0.15, 0.2) is 0 Å². The van der Waals surface area contributed by atoms with Crippen LogP contribution in [-0.2, 0) is 19.1 Å². The van der Waals surface area contributed by atoms with Crippen LogP contribution in [0.2, 0.25) is 0 Å². The van der Waals surface area contributed by atoms with Crippen LogP contribution in [0.4, 0.5) is 4.79 Å². The van der Waals surface area contributed by atoms with E-state index in [0.717, 1.165) is 21.2 Å². The first-order valence-corrected chi connectivity index (χ1v) is 14.8. The van der Waals surface area contributed by atoms with Crippen LogP contribution in [0.3, 0.4) is 0 Å². The van der Waals surface area contributed by atoms with Crippen LogP contribution in [0.1, 0.15) is 40.5 Å². The summed E-state index contributed by atoms with van der Waals surface area (Å²) in [6.45, 7) is 11.2. The zero-order valence-corrected chi connectivity index (χ0v) is 24.7. The van der Waals surface area contributed by atoms with Gasteiger partial charge in [-0.3, -0.25) is 9.69 Å². The lowest BCUT2D eigenvalue weighted by Gasteiger charge is -2.28. The molecular weight excluding hydrogens is 540 g/mol. The number of hydrogen-bond acceptors (Lipinski definition) is 7. The van der Waals surface area contributed by atoms with Crippen molar-refractivity contribution in [2.75, 3.05) is 13.2 Å². The molecule has 9 heteroatoms. The number of likely N-dealkylation sites (tertiary alicyclic amines) is 1. The number of carbonyl (C=O) groups excluding carboxylic acids is 3. The van der Waals surface area contributed by atoms with Crippen molar-refractivity contribution < 1.29 is 28.6 Å². The molecule has 2 fully saturated rings. The highest BCUT2D eigenvalue weighted by molar-refractivity contribution is 7.13. The van der Waals surface area contributed by atoms with Gasteiger partial charge in [-0.2, -0.15) is 0 Å². The number of esters is 1. The van der Waals surface area contributed by atoms with Crippen LogP contribution in [-0.4, -0.2) is 59.3 Å². The van der Waals surface area contributed by atoms with Gasteiger partial charge in [-0.25, -0.2) is 9.59 Å². The lowest BCUT2D eigenvalue weighted by molar-refractivity contribution is -0.149. The summed E-state index contributed by atoms with van der Waals surface area (Å²) in [7, 11) is 0. The number of carbonyl (C=O) groups is 3. The van der Waals surface area contributed by atoms with Crippen molar-refractivity contribution in [3.05, 3.63) is 66.6 Å². The lowest BCUT2D eigenvalue weighted by Crippen LogP contribution is -2.53. The molecule has 1 aliphatic carbocycles. The predicted octanol–water partition coefficient (Wildman–Crippen LogP) is 5.95. The summed E-state index contributed by atoms with van der Waals surface area (Å²) in [4.78, 5) is 42.3. The highest BCUT2D eigenvalue weighted by Gasteiger charge is 2.62. The summed E-state index contributed by atoms with van der Waals surface area (Å²) < 4.78 is 17.5. The van der Waals surface area contributed by atoms with E-state index in [9.17, 15) is 14.4 Å². The number of nitrogens with one attached hydrogen (secondary N) is 1. The minimum Gasteiger partial charge on any atom is -0.488 e. The van der Waals surface area contributed by atoms with E-state index >= 15 is 0 Å². The van der Waals surface area contributed by atoms with E-state index in [4.69, 9.17) is 14.2 Å². The number of rotatable bonds is 8. The molecule has 216 valence electrons. The van der Waals surface area contributed by atoms with Crippen LogP contribution < -0.4 is 10.1 Å². The van der Waals surface area contributed by atoms with Crippen molar-refractivity contribution in [2.45, 2.75) is 63.8 Å². The summed E-state index contributed by atoms with van der Waals surface area (Å²) in [6.07, 6.45) is 1.20. The van der Waals surface area contributed by atoms with E-state index in [1.54, 1.807) is 45.1 Å². The molecule has 8 nitrogen and oxygen atoms in total. The van der Waals surface area contributed by atoms with E-state index in [1.807, 2.05) is 41.8 Å². The maximum atomic E-state index is 13.7. The third-order valence-electron chi connectivity index (χ3n) is 7.41. The smallest absolute Gasteiger partial charge is 0.411 e. The number of benzene rings is 2. The summed E-state index contributed by atoms with van der Waals surface area (Å²) in [5.41, 5.74) is -0.973. The van der Waals surface area contributed by atoms with Gasteiger partial charge in [0, 0.05) is 22.8 Å². The summed E-state index contributed by atoms with van der Waals surface area (Å²) >= 11 is 1.62. The Labute approximate surface area is 244 Å². The number of amides is 2. The lowest BCUT2D eigenvalue weighted by atomic mass is 10.0. The number of nitrogens with zero attached hydrogens (tertiary/aromatic N) is 1. The van der Waals surface area contributed by atoms with Crippen LogP contribution in [0, 0.1) is 5.92 Å². The average Bonchev–Trinajstić information content (AvgIpc) is 3.24. The number of fused-ring (bicyclic) bond motifs is 1. The maximum Gasteiger partial charge on any atom is 0.411 e. The summed E-state index contributed by atoms with van der Waals surface area (Å²) in [5, 5.41) is 7.03. The molecule has 3 aromatic rings. The van der Waals surface area contributed by atoms with Crippen LogP contribution in [0.25, 0.3) is 21.2 Å². The van der Waals surface area contributed by atoms with Crippen molar-refractivity contribution in [2.24, 2.45) is 5.92 Å². The Morgan fingerprint density at radius 1 is 1.15 bits per heavy atom. The zero-order chi connectivity index (χ0) is 29.4. The third kappa shape index (κ3) is 5.95. The van der Waals surface area contributed by atoms with Crippen molar-refractivity contribution >= 4 is 40.1 Å². The van der Waals surface area contributed by atoms with Crippen LogP contribution in [0.15, 0.2) is 66.6 Å². The molecule has 2 aromatic carbocycles. The fraction of sp³-hybridized carbons (Fsp3) is 0.406. The van der Waals surface area contributed by atoms with Crippen LogP contribution >= 0.6 is 11.3 Å². The molecule has 5 rings (SSSR count). The SMILES string of the molecule is C=C[C@@H]1C[C@]1(NC(=O)[C@@H]1C[C@@H](Oc2cc3ccccc3cc2-c2cccs2)CN1C(=O)OC(C)(C)C)C(=O)OCC. The fourth-order valence-electron chi connectivity index (χ4n) is 5.34. The molecule has 1 aromatic heterocycles. The molecule has 41 heavy (non-hydrogen) atoms. The van der Waals surface area contributed by atoms with Crippen molar-refractivity contribution in [1.82, 2.24) is 10.2 Å². The summed E-state index contributed by atoms with van der Waals surface area (Å²) in [6, 6.07) is 15.3. The van der Waals surface area contributed by atoms with Gasteiger partial charge in [0.2, 0.25) is 5.91 Å². The standard InChI is InChI=1S/C32H36N2O6S/c1-6-22-18-32(22,29(36)38-7-2)33-28(35)25-17-23(19-34(25)30(37)40-31(3,4)5)39-26-16-21-12-9-8-11-20(21)15-24(26)27-13-10-14-41-27/h6,8-16,22-23,25H,1,7,17-19H2,2-5H3,(H,33,35)/t22-,23-,25+,32-/m1/s1. The molecule has 2 aliphatic rings. The molecule has 1 saturated heterocycles. The topological polar surface area (TPSA) is 94.2 Å². The van der Waals surface area contributed by atoms with Gasteiger partial charge >= 0.3 is 12.1 Å². The highest BCUT2D eigenvalue weighted by Crippen LogP contribution is 2.46. The first-order valence-electron chi connectivity index (χ1n) is 13.9. The Morgan fingerprint density at radius 3 is 2.49 bits per heavy atom. The molecule has 0 radical (unpaired) electrons. The number of ether oxygens (including phenoxy) is 3. The van der Waals surface area contributed by atoms with E-state index < -0.39 is 41.3 Å². The molecular formula is C32H36N2O6S. The molecule has 0 unspecified atom stereocenters. The zero-order valence-electron chi connectivity index (χ0n) is 23.8. The number of thiophene rings is 1. The molecule has 2 amide bonds. The normalized spacial score (nSPS) is 23.6. The van der Waals surface area contributed by atoms with Gasteiger partial charge in [-0.05, 0) is 68.5 Å². The molecule has 0 spiro atoms. The first-order chi connectivity index (χ1) is 19.5. The monoisotopic (exact) mass is 576 g/mol. The Balaban J connectivity index is 1.43. The third-order valence-corrected chi connectivity index (χ3v) is 8.31.